The van der Waals surface area contributed by atoms with Gasteiger partial charge in [-0.15, -0.1) is 0 Å². The zero-order chi connectivity index (χ0) is 14.4. The summed E-state index contributed by atoms with van der Waals surface area (Å²) in [6.07, 6.45) is 2.21. The zero-order valence-electron chi connectivity index (χ0n) is 11.3. The van der Waals surface area contributed by atoms with Gasteiger partial charge < -0.3 is 19.6 Å². The fourth-order valence-corrected chi connectivity index (χ4v) is 1.66. The number of anilines is 1. The number of aromatic carboxylic acids is 1. The van der Waals surface area contributed by atoms with Gasteiger partial charge in [-0.1, -0.05) is 6.92 Å². The van der Waals surface area contributed by atoms with Gasteiger partial charge in [0.2, 0.25) is 0 Å². The van der Waals surface area contributed by atoms with Crippen molar-refractivity contribution in [2.24, 2.45) is 0 Å². The molecule has 2 aromatic rings. The molecule has 0 radical (unpaired) electrons. The van der Waals surface area contributed by atoms with E-state index in [1.54, 1.807) is 0 Å². The van der Waals surface area contributed by atoms with E-state index in [-0.39, 0.29) is 5.56 Å². The molecule has 0 fully saturated rings. The van der Waals surface area contributed by atoms with Crippen LogP contribution in [0.1, 0.15) is 29.5 Å². The van der Waals surface area contributed by atoms with E-state index in [0.717, 1.165) is 17.9 Å². The molecule has 20 heavy (non-hydrogen) atoms. The summed E-state index contributed by atoms with van der Waals surface area (Å²) < 4.78 is 10.6. The lowest BCUT2D eigenvalue weighted by Crippen LogP contribution is -1.99. The van der Waals surface area contributed by atoms with Gasteiger partial charge in [0.05, 0.1) is 18.7 Å². The third kappa shape index (κ3) is 3.78. The number of rotatable bonds is 7. The average molecular weight is 275 g/mol. The minimum Gasteiger partial charge on any atom is -0.494 e. The average Bonchev–Trinajstić information content (AvgIpc) is 2.93. The number of hydrogen-bond donors (Lipinski definition) is 2. The first kappa shape index (κ1) is 14.0. The van der Waals surface area contributed by atoms with E-state index in [1.165, 1.54) is 12.3 Å². The first-order valence-electron chi connectivity index (χ1n) is 6.46. The molecule has 0 saturated heterocycles. The van der Waals surface area contributed by atoms with Gasteiger partial charge in [0.15, 0.2) is 0 Å². The fourth-order valence-electron chi connectivity index (χ4n) is 1.66. The molecule has 0 bridgehead atoms. The summed E-state index contributed by atoms with van der Waals surface area (Å²) in [6.45, 7) is 3.20. The van der Waals surface area contributed by atoms with E-state index in [2.05, 4.69) is 12.2 Å². The number of nitrogens with one attached hydrogen (secondary N) is 1. The van der Waals surface area contributed by atoms with Gasteiger partial charge in [-0.25, -0.2) is 4.79 Å². The molecule has 1 heterocycles. The Morgan fingerprint density at radius 1 is 1.35 bits per heavy atom. The maximum absolute atomic E-state index is 10.7. The summed E-state index contributed by atoms with van der Waals surface area (Å²) in [5, 5.41) is 11.9. The predicted molar refractivity (Wildman–Crippen MR) is 75.2 cm³/mol. The van der Waals surface area contributed by atoms with Gasteiger partial charge in [-0.05, 0) is 36.8 Å². The molecule has 5 nitrogen and oxygen atoms in total. The highest BCUT2D eigenvalue weighted by molar-refractivity contribution is 5.87. The highest BCUT2D eigenvalue weighted by Crippen LogP contribution is 2.17. The van der Waals surface area contributed by atoms with Crippen LogP contribution in [-0.2, 0) is 6.54 Å². The fraction of sp³-hybridized carbons (Fsp3) is 0.267. The number of furan rings is 1. The Bertz CT molecular complexity index is 560. The lowest BCUT2D eigenvalue weighted by molar-refractivity contribution is 0.0696. The van der Waals surface area contributed by atoms with E-state index in [9.17, 15) is 4.79 Å². The van der Waals surface area contributed by atoms with Crippen molar-refractivity contribution >= 4 is 11.7 Å². The Kier molecular flexibility index (Phi) is 4.65. The maximum atomic E-state index is 10.7. The number of ether oxygens (including phenoxy) is 1. The van der Waals surface area contributed by atoms with Gasteiger partial charge in [0.25, 0.3) is 0 Å². The molecule has 0 atom stereocenters. The third-order valence-electron chi connectivity index (χ3n) is 2.69. The Hall–Kier alpha value is -2.43. The minimum absolute atomic E-state index is 0.158. The molecular formula is C15H17NO4. The summed E-state index contributed by atoms with van der Waals surface area (Å²) in [7, 11) is 0. The van der Waals surface area contributed by atoms with Crippen molar-refractivity contribution < 1.29 is 19.1 Å². The molecule has 0 aliphatic heterocycles. The minimum atomic E-state index is -0.988. The number of hydrogen-bond acceptors (Lipinski definition) is 4. The Morgan fingerprint density at radius 2 is 2.10 bits per heavy atom. The summed E-state index contributed by atoms with van der Waals surface area (Å²) in [5.41, 5.74) is 1.08. The van der Waals surface area contributed by atoms with Crippen molar-refractivity contribution in [3.63, 3.8) is 0 Å². The van der Waals surface area contributed by atoms with Crippen molar-refractivity contribution in [1.82, 2.24) is 0 Å². The van der Waals surface area contributed by atoms with Crippen LogP contribution in [0.3, 0.4) is 0 Å². The van der Waals surface area contributed by atoms with E-state index in [0.29, 0.717) is 18.9 Å². The van der Waals surface area contributed by atoms with Crippen LogP contribution in [-0.4, -0.2) is 17.7 Å². The van der Waals surface area contributed by atoms with Gasteiger partial charge in [0.1, 0.15) is 17.8 Å². The number of carboxylic acids is 1. The Balaban J connectivity index is 1.88. The van der Waals surface area contributed by atoms with Gasteiger partial charge in [-0.3, -0.25) is 0 Å². The van der Waals surface area contributed by atoms with Crippen LogP contribution in [0.25, 0.3) is 0 Å². The highest BCUT2D eigenvalue weighted by Gasteiger charge is 2.07. The molecule has 0 aliphatic carbocycles. The van der Waals surface area contributed by atoms with Crippen molar-refractivity contribution in [3.8, 4) is 5.75 Å². The highest BCUT2D eigenvalue weighted by atomic mass is 16.5. The first-order chi connectivity index (χ1) is 9.69. The van der Waals surface area contributed by atoms with Crippen LogP contribution >= 0.6 is 0 Å². The summed E-state index contributed by atoms with van der Waals surface area (Å²) in [6, 6.07) is 9.11. The second kappa shape index (κ2) is 6.65. The van der Waals surface area contributed by atoms with Crippen molar-refractivity contribution in [3.05, 3.63) is 47.9 Å². The quantitative estimate of drug-likeness (QED) is 0.810. The smallest absolute Gasteiger partial charge is 0.338 e. The first-order valence-corrected chi connectivity index (χ1v) is 6.46. The predicted octanol–water partition coefficient (Wildman–Crippen LogP) is 3.38. The molecule has 0 amide bonds. The van der Waals surface area contributed by atoms with Gasteiger partial charge in [0, 0.05) is 5.69 Å². The molecule has 0 aliphatic rings. The summed E-state index contributed by atoms with van der Waals surface area (Å²) in [5.74, 6) is 0.426. The summed E-state index contributed by atoms with van der Waals surface area (Å²) in [4.78, 5) is 10.7. The Labute approximate surface area is 117 Å². The van der Waals surface area contributed by atoms with E-state index in [4.69, 9.17) is 14.3 Å². The molecule has 0 unspecified atom stereocenters. The van der Waals surface area contributed by atoms with Crippen molar-refractivity contribution in [1.29, 1.82) is 0 Å². The van der Waals surface area contributed by atoms with Crippen LogP contribution in [0.5, 0.6) is 5.75 Å². The van der Waals surface area contributed by atoms with Crippen LogP contribution in [0.15, 0.2) is 41.0 Å². The summed E-state index contributed by atoms with van der Waals surface area (Å²) >= 11 is 0. The monoisotopic (exact) mass is 275 g/mol. The van der Waals surface area contributed by atoms with Crippen LogP contribution in [0.2, 0.25) is 0 Å². The van der Waals surface area contributed by atoms with Crippen LogP contribution in [0.4, 0.5) is 5.69 Å². The van der Waals surface area contributed by atoms with Gasteiger partial charge >= 0.3 is 5.97 Å². The molecule has 0 saturated carbocycles. The molecule has 2 rings (SSSR count). The molecule has 5 heteroatoms. The van der Waals surface area contributed by atoms with E-state index < -0.39 is 5.97 Å². The largest absolute Gasteiger partial charge is 0.494 e. The number of benzene rings is 1. The topological polar surface area (TPSA) is 71.7 Å². The molecular weight excluding hydrogens is 258 g/mol. The third-order valence-corrected chi connectivity index (χ3v) is 2.69. The molecule has 106 valence electrons. The normalized spacial score (nSPS) is 10.2. The number of carbonyl (C=O) groups is 1. The van der Waals surface area contributed by atoms with Gasteiger partial charge in [-0.2, -0.15) is 0 Å². The molecule has 0 spiro atoms. The Morgan fingerprint density at radius 3 is 2.70 bits per heavy atom. The van der Waals surface area contributed by atoms with Crippen molar-refractivity contribution in [2.75, 3.05) is 11.9 Å². The van der Waals surface area contributed by atoms with Crippen molar-refractivity contribution in [2.45, 2.75) is 19.9 Å². The van der Waals surface area contributed by atoms with Crippen LogP contribution < -0.4 is 10.1 Å². The maximum Gasteiger partial charge on any atom is 0.338 e. The second-order valence-electron chi connectivity index (χ2n) is 4.33. The van der Waals surface area contributed by atoms with E-state index >= 15 is 0 Å². The lowest BCUT2D eigenvalue weighted by atomic mass is 10.3. The molecule has 1 aromatic carbocycles. The van der Waals surface area contributed by atoms with Crippen LogP contribution in [0, 0.1) is 0 Å². The zero-order valence-corrected chi connectivity index (χ0v) is 11.3. The lowest BCUT2D eigenvalue weighted by Gasteiger charge is -2.07. The number of carboxylic acid groups (broad SMARTS) is 1. The SMILES string of the molecule is CCCOc1ccc(NCc2cc(C(=O)O)co2)cc1. The van der Waals surface area contributed by atoms with E-state index in [1.807, 2.05) is 24.3 Å². The standard InChI is InChI=1S/C15H17NO4/c1-2-7-19-13-5-3-12(4-6-13)16-9-14-8-11(10-20-14)15(17)18/h3-6,8,10,16H,2,7,9H2,1H3,(H,17,18). The molecule has 2 N–H and O–H groups in total. The molecule has 1 aromatic heterocycles. The second-order valence-corrected chi connectivity index (χ2v) is 4.33.